The van der Waals surface area contributed by atoms with Crippen molar-refractivity contribution in [3.8, 4) is 34.5 Å². The molecule has 0 unspecified atom stereocenters. The number of amides is 1. The zero-order chi connectivity index (χ0) is 68.8. The van der Waals surface area contributed by atoms with Crippen LogP contribution in [0.3, 0.4) is 0 Å². The lowest BCUT2D eigenvalue weighted by Gasteiger charge is -2.20. The maximum absolute atomic E-state index is 14.6. The minimum atomic E-state index is -0.941. The molecule has 0 atom stereocenters. The highest BCUT2D eigenvalue weighted by molar-refractivity contribution is 5.95. The predicted molar refractivity (Wildman–Crippen MR) is 400 cm³/mol. The number of esters is 2. The molecule has 0 aliphatic rings. The smallest absolute Gasteiger partial charge is 0.338 e. The molecular weight excluding hydrogens is 1200 g/mol. The molecule has 1 amide bonds. The van der Waals surface area contributed by atoms with Crippen molar-refractivity contribution < 1.29 is 52.3 Å². The Labute approximate surface area is 587 Å². The van der Waals surface area contributed by atoms with Crippen molar-refractivity contribution >= 4 is 17.8 Å². The number of ether oxygens (including phenoxy) is 8. The molecule has 12 nitrogen and oxygen atoms in total. The van der Waals surface area contributed by atoms with E-state index in [2.05, 4.69) is 46.9 Å². The Bertz CT molecular complexity index is 2230. The quantitative estimate of drug-likeness (QED) is 0.0427. The number of rotatable bonds is 68. The Morgan fingerprint density at radius 3 is 0.698 bits per heavy atom. The fourth-order valence-corrected chi connectivity index (χ4v) is 12.0. The van der Waals surface area contributed by atoms with Crippen LogP contribution in [-0.2, 0) is 9.47 Å². The first-order valence-electron chi connectivity index (χ1n) is 40.1. The molecule has 0 fully saturated rings. The van der Waals surface area contributed by atoms with E-state index < -0.39 is 23.9 Å². The van der Waals surface area contributed by atoms with Crippen molar-refractivity contribution in [1.29, 1.82) is 0 Å². The number of hydrogen-bond donors (Lipinski definition) is 1. The minimum absolute atomic E-state index is 0.285. The Kier molecular flexibility index (Phi) is 54.1. The van der Waals surface area contributed by atoms with Gasteiger partial charge in [-0.1, -0.05) is 311 Å². The summed E-state index contributed by atoms with van der Waals surface area (Å²) >= 11 is 0. The molecule has 3 aromatic carbocycles. The van der Waals surface area contributed by atoms with Crippen LogP contribution in [0.1, 0.15) is 381 Å². The van der Waals surface area contributed by atoms with Crippen LogP contribution in [0.25, 0.3) is 0 Å². The van der Waals surface area contributed by atoms with Crippen LogP contribution >= 0.6 is 0 Å². The van der Waals surface area contributed by atoms with Crippen LogP contribution in [0, 0.1) is 0 Å². The van der Waals surface area contributed by atoms with Gasteiger partial charge in [0, 0.05) is 5.56 Å². The minimum Gasteiger partial charge on any atom is -0.490 e. The first-order valence-corrected chi connectivity index (χ1v) is 40.1. The van der Waals surface area contributed by atoms with Gasteiger partial charge in [0.15, 0.2) is 34.5 Å². The van der Waals surface area contributed by atoms with E-state index >= 15 is 0 Å². The van der Waals surface area contributed by atoms with E-state index in [4.69, 9.17) is 37.9 Å². The van der Waals surface area contributed by atoms with Gasteiger partial charge in [0.1, 0.15) is 13.2 Å². The molecule has 0 aromatic heterocycles. The molecular formula is C84H141NO11. The third kappa shape index (κ3) is 43.3. The van der Waals surface area contributed by atoms with Crippen molar-refractivity contribution in [3.63, 3.8) is 0 Å². The van der Waals surface area contributed by atoms with Crippen molar-refractivity contribution in [2.24, 2.45) is 0 Å². The summed E-state index contributed by atoms with van der Waals surface area (Å²) < 4.78 is 50.4. The number of carbonyl (C=O) groups is 3. The molecule has 3 aromatic rings. The summed E-state index contributed by atoms with van der Waals surface area (Å²) in [5, 5.41) is 3.06. The van der Waals surface area contributed by atoms with E-state index in [0.717, 1.165) is 96.3 Å². The zero-order valence-electron chi connectivity index (χ0n) is 62.4. The highest BCUT2D eigenvalue weighted by Crippen LogP contribution is 2.33. The zero-order valence-corrected chi connectivity index (χ0v) is 62.4. The Balaban J connectivity index is 1.90. The van der Waals surface area contributed by atoms with E-state index in [9.17, 15) is 14.4 Å². The molecule has 0 radical (unpaired) electrons. The van der Waals surface area contributed by atoms with Gasteiger partial charge in [-0.3, -0.25) is 4.79 Å². The molecule has 0 spiro atoms. The summed E-state index contributed by atoms with van der Waals surface area (Å²) in [5.41, 5.74) is 0.907. The molecule has 0 saturated heterocycles. The topological polar surface area (TPSA) is 137 Å². The monoisotopic (exact) mass is 1340 g/mol. The highest BCUT2D eigenvalue weighted by Gasteiger charge is 2.23. The molecule has 548 valence electrons. The lowest BCUT2D eigenvalue weighted by atomic mass is 10.1. The van der Waals surface area contributed by atoms with E-state index in [-0.39, 0.29) is 24.3 Å². The van der Waals surface area contributed by atoms with Crippen molar-refractivity contribution in [3.05, 3.63) is 71.3 Å². The average molecular weight is 1340 g/mol. The molecule has 0 aliphatic heterocycles. The molecule has 0 saturated carbocycles. The van der Waals surface area contributed by atoms with Gasteiger partial charge in [-0.2, -0.15) is 0 Å². The molecule has 96 heavy (non-hydrogen) atoms. The number of carbonyl (C=O) groups excluding carboxylic acids is 3. The molecule has 1 N–H and O–H groups in total. The predicted octanol–water partition coefficient (Wildman–Crippen LogP) is 24.6. The summed E-state index contributed by atoms with van der Waals surface area (Å²) in [6.07, 6.45) is 57.0. The van der Waals surface area contributed by atoms with Crippen molar-refractivity contribution in [2.45, 2.75) is 356 Å². The lowest BCUT2D eigenvalue weighted by molar-refractivity contribution is 0.0308. The number of benzene rings is 3. The molecule has 0 heterocycles. The Morgan fingerprint density at radius 1 is 0.260 bits per heavy atom. The lowest BCUT2D eigenvalue weighted by Crippen LogP contribution is -2.42. The van der Waals surface area contributed by atoms with Gasteiger partial charge >= 0.3 is 11.9 Å². The third-order valence-electron chi connectivity index (χ3n) is 18.3. The number of nitrogens with one attached hydrogen (secondary N) is 1. The SMILES string of the molecule is CCCCCCCCCCOc1ccc(C(=O)NC(COC(=O)c2ccc(OCCCCCCCCCC)c(OCCCCCCCCCC)c2)COC(=O)c2ccc(OCCCCCCCCCC)c(OCCCCCCCCCC)c2)cc1OCCCCCCCCCC. The Hall–Kier alpha value is -5.13. The number of hydrogen-bond acceptors (Lipinski definition) is 11. The van der Waals surface area contributed by atoms with E-state index in [0.29, 0.717) is 79.7 Å². The Morgan fingerprint density at radius 2 is 0.458 bits per heavy atom. The van der Waals surface area contributed by atoms with Gasteiger partial charge in [0.05, 0.1) is 56.8 Å². The molecule has 0 bridgehead atoms. The second kappa shape index (κ2) is 61.0. The molecule has 0 aliphatic carbocycles. The van der Waals surface area contributed by atoms with Crippen LogP contribution in [0.15, 0.2) is 54.6 Å². The largest absolute Gasteiger partial charge is 0.490 e. The summed E-state index contributed by atoms with van der Waals surface area (Å²) in [5.74, 6) is 1.65. The van der Waals surface area contributed by atoms with Gasteiger partial charge in [-0.25, -0.2) is 9.59 Å². The summed E-state index contributed by atoms with van der Waals surface area (Å²) in [4.78, 5) is 43.0. The second-order valence-corrected chi connectivity index (χ2v) is 27.3. The fourth-order valence-electron chi connectivity index (χ4n) is 12.0. The maximum Gasteiger partial charge on any atom is 0.338 e. The average Bonchev–Trinajstić information content (AvgIpc) is 1.15. The normalized spacial score (nSPS) is 11.3. The van der Waals surface area contributed by atoms with Gasteiger partial charge in [-0.05, 0) is 93.1 Å². The first-order chi connectivity index (χ1) is 47.3. The first kappa shape index (κ1) is 85.1. The maximum atomic E-state index is 14.6. The molecule has 12 heteroatoms. The van der Waals surface area contributed by atoms with Crippen molar-refractivity contribution in [1.82, 2.24) is 5.32 Å². The van der Waals surface area contributed by atoms with Gasteiger partial charge in [0.2, 0.25) is 0 Å². The van der Waals surface area contributed by atoms with E-state index in [1.807, 2.05) is 6.07 Å². The fraction of sp³-hybridized carbons (Fsp3) is 0.750. The van der Waals surface area contributed by atoms with Crippen LogP contribution in [0.5, 0.6) is 34.5 Å². The van der Waals surface area contributed by atoms with Gasteiger partial charge in [-0.15, -0.1) is 0 Å². The van der Waals surface area contributed by atoms with Gasteiger partial charge < -0.3 is 43.2 Å². The molecule has 3 rings (SSSR count). The summed E-state index contributed by atoms with van der Waals surface area (Å²) in [6, 6.07) is 14.7. The van der Waals surface area contributed by atoms with Crippen LogP contribution in [-0.4, -0.2) is 76.7 Å². The third-order valence-corrected chi connectivity index (χ3v) is 18.3. The standard InChI is InChI=1S/C84H141NO11/c1-7-13-19-25-31-37-43-49-61-89-76-58-55-72(67-79(76)92-64-52-46-40-34-28-22-16-10-4)82(86)85-75(70-95-83(87)73-56-59-77(90-62-50-44-38-32-26-20-14-8-2)80(68-73)93-65-53-47-41-35-29-23-17-11-5)71-96-84(88)74-57-60-78(91-63-51-45-39-33-27-21-15-9-3)81(69-74)94-66-54-48-42-36-30-24-18-12-6/h55-60,67-69,75H,7-54,61-66,70-71H2,1-6H3,(H,85,86). The van der Waals surface area contributed by atoms with Crippen LogP contribution in [0.2, 0.25) is 0 Å². The van der Waals surface area contributed by atoms with Gasteiger partial charge in [0.25, 0.3) is 5.91 Å². The van der Waals surface area contributed by atoms with Crippen molar-refractivity contribution in [2.75, 3.05) is 52.9 Å². The highest BCUT2D eigenvalue weighted by atomic mass is 16.6. The van der Waals surface area contributed by atoms with E-state index in [1.54, 1.807) is 48.5 Å². The second-order valence-electron chi connectivity index (χ2n) is 27.3. The van der Waals surface area contributed by atoms with Crippen LogP contribution < -0.4 is 33.7 Å². The summed E-state index contributed by atoms with van der Waals surface area (Å²) in [7, 11) is 0. The van der Waals surface area contributed by atoms with Crippen LogP contribution in [0.4, 0.5) is 0 Å². The number of unbranched alkanes of at least 4 members (excludes halogenated alkanes) is 42. The van der Waals surface area contributed by atoms with E-state index in [1.165, 1.54) is 212 Å². The summed E-state index contributed by atoms with van der Waals surface area (Å²) in [6.45, 7) is 16.1.